The summed E-state index contributed by atoms with van der Waals surface area (Å²) in [6.07, 6.45) is 2.81. The number of rotatable bonds is 4. The molecule has 1 aliphatic heterocycles. The average molecular weight is 346 g/mol. The highest BCUT2D eigenvalue weighted by atomic mass is 16.5. The van der Waals surface area contributed by atoms with Crippen LogP contribution in [0.15, 0.2) is 24.3 Å². The molecule has 2 unspecified atom stereocenters. The van der Waals surface area contributed by atoms with Gasteiger partial charge < -0.3 is 20.1 Å². The van der Waals surface area contributed by atoms with Crippen molar-refractivity contribution in [3.63, 3.8) is 0 Å². The number of morpholine rings is 1. The molecule has 2 N–H and O–H groups in total. The summed E-state index contributed by atoms with van der Waals surface area (Å²) < 4.78 is 5.73. The van der Waals surface area contributed by atoms with Crippen molar-refractivity contribution in [3.05, 3.63) is 35.4 Å². The van der Waals surface area contributed by atoms with E-state index in [4.69, 9.17) is 4.74 Å². The summed E-state index contributed by atoms with van der Waals surface area (Å²) in [5.74, 6) is 0.413. The lowest BCUT2D eigenvalue weighted by atomic mass is 9.75. The Morgan fingerprint density at radius 2 is 2.00 bits per heavy atom. The Morgan fingerprint density at radius 1 is 1.32 bits per heavy atom. The van der Waals surface area contributed by atoms with Crippen molar-refractivity contribution in [2.24, 2.45) is 0 Å². The Bertz CT molecular complexity index is 613. The zero-order valence-electron chi connectivity index (χ0n) is 15.5. The molecule has 0 radical (unpaired) electrons. The van der Waals surface area contributed by atoms with Crippen molar-refractivity contribution in [1.82, 2.24) is 10.2 Å². The van der Waals surface area contributed by atoms with E-state index in [1.807, 2.05) is 24.0 Å². The van der Waals surface area contributed by atoms with Crippen molar-refractivity contribution in [2.75, 3.05) is 19.8 Å². The van der Waals surface area contributed by atoms with Gasteiger partial charge in [0.1, 0.15) is 0 Å². The van der Waals surface area contributed by atoms with Gasteiger partial charge in [-0.25, -0.2) is 4.79 Å². The van der Waals surface area contributed by atoms with Gasteiger partial charge in [0.2, 0.25) is 0 Å². The summed E-state index contributed by atoms with van der Waals surface area (Å²) in [4.78, 5) is 14.9. The Kier molecular flexibility index (Phi) is 5.35. The van der Waals surface area contributed by atoms with Crippen molar-refractivity contribution >= 4 is 6.03 Å². The number of ether oxygens (including phenoxy) is 1. The predicted molar refractivity (Wildman–Crippen MR) is 97.6 cm³/mol. The van der Waals surface area contributed by atoms with Crippen molar-refractivity contribution < 1.29 is 14.6 Å². The lowest BCUT2D eigenvalue weighted by Gasteiger charge is -2.54. The molecule has 2 amide bonds. The second kappa shape index (κ2) is 7.34. The lowest BCUT2D eigenvalue weighted by molar-refractivity contribution is -0.133. The van der Waals surface area contributed by atoms with Gasteiger partial charge in [-0.3, -0.25) is 0 Å². The third-order valence-electron chi connectivity index (χ3n) is 5.70. The molecule has 5 nitrogen and oxygen atoms in total. The first kappa shape index (κ1) is 18.2. The van der Waals surface area contributed by atoms with Crippen LogP contribution in [0.4, 0.5) is 4.79 Å². The molecule has 2 fully saturated rings. The maximum atomic E-state index is 13.0. The predicted octanol–water partition coefficient (Wildman–Crippen LogP) is 3.20. The number of hydrogen-bond donors (Lipinski definition) is 2. The Hall–Kier alpha value is -1.59. The van der Waals surface area contributed by atoms with Gasteiger partial charge in [0.15, 0.2) is 0 Å². The number of amides is 2. The van der Waals surface area contributed by atoms with Gasteiger partial charge in [-0.05, 0) is 43.2 Å². The van der Waals surface area contributed by atoms with Crippen LogP contribution in [0.25, 0.3) is 0 Å². The minimum Gasteiger partial charge on any atom is -0.394 e. The van der Waals surface area contributed by atoms with E-state index < -0.39 is 0 Å². The summed E-state index contributed by atoms with van der Waals surface area (Å²) in [6, 6.07) is 8.19. The molecule has 1 saturated carbocycles. The smallest absolute Gasteiger partial charge is 0.318 e. The zero-order chi connectivity index (χ0) is 18.0. The monoisotopic (exact) mass is 346 g/mol. The fourth-order valence-electron chi connectivity index (χ4n) is 3.98. The first-order valence-electron chi connectivity index (χ1n) is 9.36. The van der Waals surface area contributed by atoms with E-state index in [1.165, 1.54) is 11.1 Å². The average Bonchev–Trinajstić information content (AvgIpc) is 2.59. The molecule has 1 aliphatic carbocycles. The Balaban J connectivity index is 1.74. The van der Waals surface area contributed by atoms with Crippen LogP contribution in [-0.4, -0.2) is 47.4 Å². The molecule has 2 aliphatic rings. The minimum atomic E-state index is -0.282. The SMILES string of the molecule is CC(C)c1ccccc1C(C)NC(=O)N1CC(CO)OCC12CCC2. The molecule has 1 heterocycles. The largest absolute Gasteiger partial charge is 0.394 e. The quantitative estimate of drug-likeness (QED) is 0.880. The number of carbonyl (C=O) groups is 1. The molecule has 1 saturated heterocycles. The van der Waals surface area contributed by atoms with E-state index in [9.17, 15) is 9.90 Å². The zero-order valence-corrected chi connectivity index (χ0v) is 15.5. The van der Waals surface area contributed by atoms with Crippen LogP contribution in [0, 0.1) is 0 Å². The highest BCUT2D eigenvalue weighted by Crippen LogP contribution is 2.41. The number of urea groups is 1. The summed E-state index contributed by atoms with van der Waals surface area (Å²) in [6.45, 7) is 7.32. The van der Waals surface area contributed by atoms with E-state index in [1.54, 1.807) is 0 Å². The molecule has 0 bridgehead atoms. The molecular formula is C20H30N2O3. The van der Waals surface area contributed by atoms with Crippen molar-refractivity contribution in [2.45, 2.75) is 63.6 Å². The second-order valence-corrected chi connectivity index (χ2v) is 7.76. The van der Waals surface area contributed by atoms with Gasteiger partial charge in [-0.15, -0.1) is 0 Å². The van der Waals surface area contributed by atoms with Gasteiger partial charge >= 0.3 is 6.03 Å². The molecule has 5 heteroatoms. The lowest BCUT2D eigenvalue weighted by Crippen LogP contribution is -2.67. The first-order chi connectivity index (χ1) is 12.0. The molecular weight excluding hydrogens is 316 g/mol. The van der Waals surface area contributed by atoms with E-state index >= 15 is 0 Å². The molecule has 3 rings (SSSR count). The number of aliphatic hydroxyl groups excluding tert-OH is 1. The van der Waals surface area contributed by atoms with E-state index in [0.717, 1.165) is 19.3 Å². The number of carbonyl (C=O) groups excluding carboxylic acids is 1. The molecule has 1 aromatic rings. The second-order valence-electron chi connectivity index (χ2n) is 7.76. The minimum absolute atomic E-state index is 0.0486. The fraction of sp³-hybridized carbons (Fsp3) is 0.650. The molecule has 138 valence electrons. The fourth-order valence-corrected chi connectivity index (χ4v) is 3.98. The van der Waals surface area contributed by atoms with E-state index in [-0.39, 0.29) is 30.3 Å². The molecule has 0 aromatic heterocycles. The normalized spacial score (nSPS) is 23.4. The van der Waals surface area contributed by atoms with Crippen molar-refractivity contribution in [1.29, 1.82) is 0 Å². The molecule has 1 spiro atoms. The summed E-state index contributed by atoms with van der Waals surface area (Å²) in [5.41, 5.74) is 2.26. The van der Waals surface area contributed by atoms with Gasteiger partial charge in [-0.2, -0.15) is 0 Å². The highest BCUT2D eigenvalue weighted by molar-refractivity contribution is 5.76. The van der Waals surface area contributed by atoms with Crippen LogP contribution >= 0.6 is 0 Å². The highest BCUT2D eigenvalue weighted by Gasteiger charge is 2.49. The molecule has 1 aromatic carbocycles. The molecule has 25 heavy (non-hydrogen) atoms. The number of nitrogens with one attached hydrogen (secondary N) is 1. The van der Waals surface area contributed by atoms with Crippen LogP contribution in [0.5, 0.6) is 0 Å². The number of benzene rings is 1. The Morgan fingerprint density at radius 3 is 2.56 bits per heavy atom. The van der Waals surface area contributed by atoms with Crippen LogP contribution in [0.2, 0.25) is 0 Å². The standard InChI is InChI=1S/C20H30N2O3/c1-14(2)17-7-4-5-8-18(17)15(3)21-19(24)22-11-16(12-23)25-13-20(22)9-6-10-20/h4-5,7-8,14-16,23H,6,9-13H2,1-3H3,(H,21,24). The summed E-state index contributed by atoms with van der Waals surface area (Å²) in [7, 11) is 0. The van der Waals surface area contributed by atoms with Crippen LogP contribution in [0.3, 0.4) is 0 Å². The number of nitrogens with zero attached hydrogens (tertiary/aromatic N) is 1. The van der Waals surface area contributed by atoms with E-state index in [0.29, 0.717) is 19.1 Å². The van der Waals surface area contributed by atoms with Crippen LogP contribution in [-0.2, 0) is 4.74 Å². The summed E-state index contributed by atoms with van der Waals surface area (Å²) >= 11 is 0. The van der Waals surface area contributed by atoms with E-state index in [2.05, 4.69) is 31.3 Å². The van der Waals surface area contributed by atoms with Gasteiger partial charge in [0, 0.05) is 0 Å². The third-order valence-corrected chi connectivity index (χ3v) is 5.70. The van der Waals surface area contributed by atoms with Crippen LogP contribution < -0.4 is 5.32 Å². The van der Waals surface area contributed by atoms with Gasteiger partial charge in [0.25, 0.3) is 0 Å². The third kappa shape index (κ3) is 3.53. The Labute approximate surface area is 150 Å². The first-order valence-corrected chi connectivity index (χ1v) is 9.36. The van der Waals surface area contributed by atoms with Crippen molar-refractivity contribution in [3.8, 4) is 0 Å². The summed E-state index contributed by atoms with van der Waals surface area (Å²) in [5, 5.41) is 12.6. The number of hydrogen-bond acceptors (Lipinski definition) is 3. The number of aliphatic hydroxyl groups is 1. The van der Waals surface area contributed by atoms with Gasteiger partial charge in [0.05, 0.1) is 37.4 Å². The maximum absolute atomic E-state index is 13.0. The topological polar surface area (TPSA) is 61.8 Å². The molecule has 2 atom stereocenters. The van der Waals surface area contributed by atoms with Crippen LogP contribution in [0.1, 0.15) is 63.1 Å². The van der Waals surface area contributed by atoms with Gasteiger partial charge in [-0.1, -0.05) is 38.1 Å². The maximum Gasteiger partial charge on any atom is 0.318 e.